The second kappa shape index (κ2) is 6.85. The van der Waals surface area contributed by atoms with Crippen LogP contribution >= 0.6 is 0 Å². The third-order valence-electron chi connectivity index (χ3n) is 5.24. The number of carbonyl (C=O) groups excluding carboxylic acids is 1. The van der Waals surface area contributed by atoms with Gasteiger partial charge in [0.2, 0.25) is 0 Å². The van der Waals surface area contributed by atoms with E-state index in [4.69, 9.17) is 9.15 Å². The highest BCUT2D eigenvalue weighted by molar-refractivity contribution is 5.90. The fraction of sp³-hybridized carbons (Fsp3) is 0.611. The average molecular weight is 359 g/mol. The van der Waals surface area contributed by atoms with Crippen LogP contribution in [-0.2, 0) is 31.3 Å². The molecule has 1 atom stereocenters. The van der Waals surface area contributed by atoms with Gasteiger partial charge < -0.3 is 14.1 Å². The van der Waals surface area contributed by atoms with E-state index in [9.17, 15) is 4.79 Å². The van der Waals surface area contributed by atoms with Crippen molar-refractivity contribution in [3.8, 4) is 0 Å². The number of methoxy groups -OCH3 is 1. The number of ether oxygens (including phenoxy) is 1. The number of rotatable bonds is 4. The highest BCUT2D eigenvalue weighted by Crippen LogP contribution is 2.23. The maximum Gasteiger partial charge on any atom is 0.309 e. The maximum atomic E-state index is 12.6. The number of aryl methyl sites for hydroxylation is 2. The first kappa shape index (κ1) is 17.2. The first-order valence-electron chi connectivity index (χ1n) is 9.06. The summed E-state index contributed by atoms with van der Waals surface area (Å²) < 4.78 is 13.0. The van der Waals surface area contributed by atoms with Crippen LogP contribution in [0.1, 0.15) is 39.9 Å². The first-order valence-corrected chi connectivity index (χ1v) is 9.06. The molecule has 0 aliphatic carbocycles. The third-order valence-corrected chi connectivity index (χ3v) is 5.24. The molecule has 1 amide bonds. The first-order chi connectivity index (χ1) is 12.5. The fourth-order valence-electron chi connectivity index (χ4n) is 3.76. The van der Waals surface area contributed by atoms with Crippen LogP contribution in [-0.4, -0.2) is 63.3 Å². The van der Waals surface area contributed by atoms with E-state index in [0.29, 0.717) is 19.6 Å². The van der Waals surface area contributed by atoms with Gasteiger partial charge in [-0.3, -0.25) is 14.4 Å². The van der Waals surface area contributed by atoms with E-state index in [2.05, 4.69) is 21.0 Å². The normalized spacial score (nSPS) is 20.6. The van der Waals surface area contributed by atoms with Crippen LogP contribution in [0, 0.1) is 6.92 Å². The molecular formula is C18H25N5O3. The van der Waals surface area contributed by atoms with Crippen LogP contribution in [0.3, 0.4) is 0 Å². The van der Waals surface area contributed by atoms with E-state index in [-0.39, 0.29) is 17.9 Å². The number of likely N-dealkylation sites (tertiary alicyclic amines) is 1. The molecule has 0 N–H and O–H groups in total. The summed E-state index contributed by atoms with van der Waals surface area (Å²) in [7, 11) is 3.65. The molecule has 0 saturated carbocycles. The van der Waals surface area contributed by atoms with Crippen LogP contribution in [0.5, 0.6) is 0 Å². The van der Waals surface area contributed by atoms with Gasteiger partial charge in [0.1, 0.15) is 5.76 Å². The van der Waals surface area contributed by atoms with Crippen molar-refractivity contribution in [3.05, 3.63) is 34.8 Å². The molecule has 0 radical (unpaired) electrons. The smallest absolute Gasteiger partial charge is 0.309 e. The summed E-state index contributed by atoms with van der Waals surface area (Å²) in [4.78, 5) is 21.2. The van der Waals surface area contributed by atoms with Gasteiger partial charge >= 0.3 is 5.91 Å². The van der Waals surface area contributed by atoms with Crippen molar-refractivity contribution in [2.45, 2.75) is 39.0 Å². The van der Waals surface area contributed by atoms with Gasteiger partial charge in [0.05, 0.1) is 23.2 Å². The summed E-state index contributed by atoms with van der Waals surface area (Å²) in [6, 6.07) is 2.10. The number of hydrogen-bond acceptors (Lipinski definition) is 6. The lowest BCUT2D eigenvalue weighted by Gasteiger charge is -2.24. The minimum Gasteiger partial charge on any atom is -0.437 e. The molecule has 4 rings (SSSR count). The number of oxazole rings is 1. The Morgan fingerprint density at radius 2 is 2.27 bits per heavy atom. The van der Waals surface area contributed by atoms with Crippen LogP contribution in [0.25, 0.3) is 0 Å². The van der Waals surface area contributed by atoms with Gasteiger partial charge in [0.25, 0.3) is 5.89 Å². The summed E-state index contributed by atoms with van der Waals surface area (Å²) in [6.45, 7) is 5.69. The van der Waals surface area contributed by atoms with Crippen molar-refractivity contribution in [1.82, 2.24) is 24.6 Å². The lowest BCUT2D eigenvalue weighted by Crippen LogP contribution is -2.31. The number of aromatic nitrogens is 3. The molecule has 2 aliphatic heterocycles. The van der Waals surface area contributed by atoms with E-state index in [1.165, 1.54) is 5.69 Å². The minimum atomic E-state index is -0.132. The molecule has 2 aromatic heterocycles. The van der Waals surface area contributed by atoms with Crippen LogP contribution in [0.4, 0.5) is 0 Å². The molecule has 26 heavy (non-hydrogen) atoms. The van der Waals surface area contributed by atoms with Gasteiger partial charge in [-0.25, -0.2) is 4.98 Å². The largest absolute Gasteiger partial charge is 0.437 e. The Kier molecular flexibility index (Phi) is 4.54. The highest BCUT2D eigenvalue weighted by Gasteiger charge is 2.31. The number of nitrogens with zero attached hydrogens (tertiary/aromatic N) is 5. The van der Waals surface area contributed by atoms with Crippen LogP contribution in [0.15, 0.2) is 10.5 Å². The second-order valence-electron chi connectivity index (χ2n) is 7.15. The molecule has 4 heterocycles. The zero-order valence-electron chi connectivity index (χ0n) is 15.6. The predicted octanol–water partition coefficient (Wildman–Crippen LogP) is 1.14. The van der Waals surface area contributed by atoms with Crippen molar-refractivity contribution >= 4 is 5.91 Å². The molecule has 140 valence electrons. The van der Waals surface area contributed by atoms with Gasteiger partial charge in [-0.15, -0.1) is 0 Å². The van der Waals surface area contributed by atoms with E-state index in [0.717, 1.165) is 43.1 Å². The Labute approximate surface area is 152 Å². The number of amides is 1. The van der Waals surface area contributed by atoms with E-state index < -0.39 is 0 Å². The summed E-state index contributed by atoms with van der Waals surface area (Å²) in [5.74, 6) is 0.922. The lowest BCUT2D eigenvalue weighted by atomic mass is 10.1. The predicted molar refractivity (Wildman–Crippen MR) is 93.6 cm³/mol. The van der Waals surface area contributed by atoms with Crippen molar-refractivity contribution in [2.24, 2.45) is 7.05 Å². The third kappa shape index (κ3) is 3.26. The number of carbonyl (C=O) groups is 1. The topological polar surface area (TPSA) is 76.6 Å². The molecule has 2 aromatic rings. The molecular weight excluding hydrogens is 334 g/mol. The van der Waals surface area contributed by atoms with Gasteiger partial charge in [-0.05, 0) is 19.4 Å². The molecule has 0 aromatic carbocycles. The van der Waals surface area contributed by atoms with Crippen molar-refractivity contribution in [2.75, 3.05) is 26.7 Å². The summed E-state index contributed by atoms with van der Waals surface area (Å²) in [5, 5.41) is 4.40. The molecule has 1 unspecified atom stereocenters. The molecule has 2 aliphatic rings. The Hall–Kier alpha value is -2.19. The monoisotopic (exact) mass is 359 g/mol. The molecule has 8 heteroatoms. The Morgan fingerprint density at radius 1 is 1.42 bits per heavy atom. The zero-order valence-corrected chi connectivity index (χ0v) is 15.6. The van der Waals surface area contributed by atoms with E-state index in [1.54, 1.807) is 12.0 Å². The van der Waals surface area contributed by atoms with Crippen molar-refractivity contribution in [1.29, 1.82) is 0 Å². The van der Waals surface area contributed by atoms with Crippen LogP contribution < -0.4 is 0 Å². The minimum absolute atomic E-state index is 0.112. The molecule has 1 fully saturated rings. The zero-order chi connectivity index (χ0) is 18.3. The molecule has 0 spiro atoms. The SMILES string of the molecule is COC1CCN(C(=O)c2nc3c(o2)CCN(Cc2cc(C)nn2C)C3)C1. The highest BCUT2D eigenvalue weighted by atomic mass is 16.5. The average Bonchev–Trinajstić information content (AvgIpc) is 3.33. The van der Waals surface area contributed by atoms with Crippen molar-refractivity contribution < 1.29 is 13.9 Å². The molecule has 8 nitrogen and oxygen atoms in total. The van der Waals surface area contributed by atoms with Crippen molar-refractivity contribution in [3.63, 3.8) is 0 Å². The number of fused-ring (bicyclic) bond motifs is 1. The quantitative estimate of drug-likeness (QED) is 0.815. The Morgan fingerprint density at radius 3 is 2.96 bits per heavy atom. The molecule has 1 saturated heterocycles. The maximum absolute atomic E-state index is 12.6. The van der Waals surface area contributed by atoms with Gasteiger partial charge in [0, 0.05) is 53.3 Å². The van der Waals surface area contributed by atoms with E-state index >= 15 is 0 Å². The van der Waals surface area contributed by atoms with Gasteiger partial charge in [0.15, 0.2) is 0 Å². The summed E-state index contributed by atoms with van der Waals surface area (Å²) in [5.41, 5.74) is 3.07. The van der Waals surface area contributed by atoms with Gasteiger partial charge in [-0.2, -0.15) is 5.10 Å². The number of hydrogen-bond donors (Lipinski definition) is 0. The Balaban J connectivity index is 1.44. The lowest BCUT2D eigenvalue weighted by molar-refractivity contribution is 0.0687. The van der Waals surface area contributed by atoms with Gasteiger partial charge in [-0.1, -0.05) is 0 Å². The standard InChI is InChI=1S/C18H25N5O3/c1-12-8-13(21(2)20-12)9-22-6-5-16-15(11-22)19-17(26-16)18(24)23-7-4-14(10-23)25-3/h8,14H,4-7,9-11H2,1-3H3. The summed E-state index contributed by atoms with van der Waals surface area (Å²) in [6.07, 6.45) is 1.75. The Bertz CT molecular complexity index is 812. The second-order valence-corrected chi connectivity index (χ2v) is 7.15. The van der Waals surface area contributed by atoms with E-state index in [1.807, 2.05) is 18.7 Å². The van der Waals surface area contributed by atoms with Crippen LogP contribution in [0.2, 0.25) is 0 Å². The fourth-order valence-corrected chi connectivity index (χ4v) is 3.76. The summed E-state index contributed by atoms with van der Waals surface area (Å²) >= 11 is 0. The molecule has 0 bridgehead atoms.